The molecule has 8 heavy (non-hydrogen) atoms. The molecular weight excluding hydrogens is 106 g/mol. The second kappa shape index (κ2) is 2.79. The average molecular weight is 117 g/mol. The van der Waals surface area contributed by atoms with Gasteiger partial charge in [0, 0.05) is 7.11 Å². The second-order valence-electron chi connectivity index (χ2n) is 1.85. The lowest BCUT2D eigenvalue weighted by molar-refractivity contribution is -0.109. The number of aliphatic hydroxyl groups excluding tert-OH is 1. The van der Waals surface area contributed by atoms with Gasteiger partial charge in [-0.1, -0.05) is 0 Å². The SMILES string of the molecule is CO.NC1(C=O)CC1. The third kappa shape index (κ3) is 2.04. The van der Waals surface area contributed by atoms with Crippen LogP contribution in [-0.2, 0) is 4.79 Å². The summed E-state index contributed by atoms with van der Waals surface area (Å²) in [7, 11) is 1.00. The molecule has 0 radical (unpaired) electrons. The van der Waals surface area contributed by atoms with E-state index in [0.29, 0.717) is 0 Å². The summed E-state index contributed by atoms with van der Waals surface area (Å²) in [6, 6.07) is 0. The Kier molecular flexibility index (Phi) is 2.65. The van der Waals surface area contributed by atoms with Gasteiger partial charge in [0.05, 0.1) is 5.54 Å². The van der Waals surface area contributed by atoms with Gasteiger partial charge in [-0.25, -0.2) is 0 Å². The van der Waals surface area contributed by atoms with E-state index in [0.717, 1.165) is 26.2 Å². The highest BCUT2D eigenvalue weighted by atomic mass is 16.2. The van der Waals surface area contributed by atoms with Crippen LogP contribution in [0.2, 0.25) is 0 Å². The minimum Gasteiger partial charge on any atom is -0.400 e. The maximum absolute atomic E-state index is 9.76. The zero-order chi connectivity index (χ0) is 6.62. The highest BCUT2D eigenvalue weighted by Gasteiger charge is 2.37. The fraction of sp³-hybridized carbons (Fsp3) is 0.800. The molecule has 3 nitrogen and oxygen atoms in total. The molecule has 1 aliphatic carbocycles. The molecule has 3 heteroatoms. The van der Waals surface area contributed by atoms with E-state index in [-0.39, 0.29) is 5.54 Å². The average Bonchev–Trinajstić information content (AvgIpc) is 2.55. The van der Waals surface area contributed by atoms with Crippen LogP contribution < -0.4 is 5.73 Å². The molecule has 0 aromatic carbocycles. The van der Waals surface area contributed by atoms with Crippen molar-refractivity contribution in [2.24, 2.45) is 5.73 Å². The highest BCUT2D eigenvalue weighted by molar-refractivity contribution is 5.67. The molecule has 1 rings (SSSR count). The van der Waals surface area contributed by atoms with Crippen molar-refractivity contribution in [1.82, 2.24) is 0 Å². The zero-order valence-electron chi connectivity index (χ0n) is 4.92. The van der Waals surface area contributed by atoms with Gasteiger partial charge in [0.15, 0.2) is 0 Å². The molecule has 0 amide bonds. The molecule has 0 atom stereocenters. The normalized spacial score (nSPS) is 20.4. The fourth-order valence-electron chi connectivity index (χ4n) is 0.262. The van der Waals surface area contributed by atoms with E-state index in [1.807, 2.05) is 0 Å². The van der Waals surface area contributed by atoms with Gasteiger partial charge >= 0.3 is 0 Å². The Balaban J connectivity index is 0.000000222. The number of aliphatic hydroxyl groups is 1. The van der Waals surface area contributed by atoms with Crippen LogP contribution in [0.15, 0.2) is 0 Å². The van der Waals surface area contributed by atoms with E-state index in [1.54, 1.807) is 0 Å². The van der Waals surface area contributed by atoms with E-state index in [4.69, 9.17) is 10.8 Å². The third-order valence-corrected chi connectivity index (χ3v) is 1.06. The molecule has 0 heterocycles. The molecule has 0 saturated heterocycles. The Morgan fingerprint density at radius 1 is 1.62 bits per heavy atom. The number of rotatable bonds is 1. The van der Waals surface area contributed by atoms with Gasteiger partial charge in [-0.05, 0) is 12.8 Å². The minimum absolute atomic E-state index is 0.389. The van der Waals surface area contributed by atoms with E-state index < -0.39 is 0 Å². The summed E-state index contributed by atoms with van der Waals surface area (Å²) in [5.74, 6) is 0. The maximum atomic E-state index is 9.76. The van der Waals surface area contributed by atoms with Gasteiger partial charge < -0.3 is 15.6 Å². The highest BCUT2D eigenvalue weighted by Crippen LogP contribution is 2.28. The fourth-order valence-corrected chi connectivity index (χ4v) is 0.262. The maximum Gasteiger partial charge on any atom is 0.139 e. The molecule has 0 aliphatic heterocycles. The lowest BCUT2D eigenvalue weighted by Gasteiger charge is -1.87. The van der Waals surface area contributed by atoms with E-state index >= 15 is 0 Å². The van der Waals surface area contributed by atoms with Gasteiger partial charge in [-0.2, -0.15) is 0 Å². The van der Waals surface area contributed by atoms with Crippen LogP contribution in [0.1, 0.15) is 12.8 Å². The summed E-state index contributed by atoms with van der Waals surface area (Å²) in [4.78, 5) is 9.76. The van der Waals surface area contributed by atoms with E-state index in [9.17, 15) is 4.79 Å². The number of aldehydes is 1. The topological polar surface area (TPSA) is 63.3 Å². The minimum atomic E-state index is -0.389. The monoisotopic (exact) mass is 117 g/mol. The van der Waals surface area contributed by atoms with Crippen LogP contribution in [-0.4, -0.2) is 24.0 Å². The largest absolute Gasteiger partial charge is 0.400 e. The first kappa shape index (κ1) is 7.59. The van der Waals surface area contributed by atoms with Crippen molar-refractivity contribution in [1.29, 1.82) is 0 Å². The van der Waals surface area contributed by atoms with Crippen molar-refractivity contribution in [3.8, 4) is 0 Å². The molecule has 1 saturated carbocycles. The van der Waals surface area contributed by atoms with Crippen LogP contribution in [0.25, 0.3) is 0 Å². The number of hydrogen-bond acceptors (Lipinski definition) is 3. The van der Waals surface area contributed by atoms with Crippen molar-refractivity contribution in [2.45, 2.75) is 18.4 Å². The Morgan fingerprint density at radius 2 is 2.00 bits per heavy atom. The van der Waals surface area contributed by atoms with Crippen LogP contribution in [0.5, 0.6) is 0 Å². The Morgan fingerprint density at radius 3 is 2.00 bits per heavy atom. The summed E-state index contributed by atoms with van der Waals surface area (Å²) < 4.78 is 0. The lowest BCUT2D eigenvalue weighted by atomic mass is 10.4. The third-order valence-electron chi connectivity index (χ3n) is 1.06. The summed E-state index contributed by atoms with van der Waals surface area (Å²) in [6.45, 7) is 0. The molecule has 1 aliphatic rings. The first-order chi connectivity index (χ1) is 3.77. The predicted octanol–water partition coefficient (Wildman–Crippen LogP) is -0.715. The van der Waals surface area contributed by atoms with E-state index in [2.05, 4.69) is 0 Å². The summed E-state index contributed by atoms with van der Waals surface area (Å²) >= 11 is 0. The Labute approximate surface area is 48.5 Å². The van der Waals surface area contributed by atoms with Gasteiger partial charge in [0.25, 0.3) is 0 Å². The first-order valence-electron chi connectivity index (χ1n) is 2.47. The smallest absolute Gasteiger partial charge is 0.139 e. The quantitative estimate of drug-likeness (QED) is 0.446. The number of nitrogens with two attached hydrogens (primary N) is 1. The van der Waals surface area contributed by atoms with E-state index in [1.165, 1.54) is 0 Å². The van der Waals surface area contributed by atoms with Gasteiger partial charge in [0.2, 0.25) is 0 Å². The summed E-state index contributed by atoms with van der Waals surface area (Å²) in [5.41, 5.74) is 4.89. The number of carbonyl (C=O) groups excluding carboxylic acids is 1. The number of carbonyl (C=O) groups is 1. The van der Waals surface area contributed by atoms with Crippen molar-refractivity contribution < 1.29 is 9.90 Å². The number of hydrogen-bond donors (Lipinski definition) is 2. The standard InChI is InChI=1S/C4H7NO.CH4O/c5-4(3-6)1-2-4;1-2/h3H,1-2,5H2;2H,1H3. The van der Waals surface area contributed by atoms with Crippen molar-refractivity contribution in [3.63, 3.8) is 0 Å². The van der Waals surface area contributed by atoms with Crippen molar-refractivity contribution >= 4 is 6.29 Å². The molecular formula is C5H11NO2. The van der Waals surface area contributed by atoms with Crippen molar-refractivity contribution in [3.05, 3.63) is 0 Å². The molecule has 0 aromatic rings. The van der Waals surface area contributed by atoms with Crippen LogP contribution in [0.4, 0.5) is 0 Å². The molecule has 0 spiro atoms. The van der Waals surface area contributed by atoms with Gasteiger partial charge in [0.1, 0.15) is 6.29 Å². The summed E-state index contributed by atoms with van der Waals surface area (Å²) in [5, 5.41) is 7.00. The molecule has 48 valence electrons. The summed E-state index contributed by atoms with van der Waals surface area (Å²) in [6.07, 6.45) is 2.60. The zero-order valence-corrected chi connectivity index (χ0v) is 4.92. The molecule has 0 aromatic heterocycles. The van der Waals surface area contributed by atoms with Crippen LogP contribution in [0.3, 0.4) is 0 Å². The Hall–Kier alpha value is -0.410. The van der Waals surface area contributed by atoms with Gasteiger partial charge in [-0.3, -0.25) is 0 Å². The second-order valence-corrected chi connectivity index (χ2v) is 1.85. The van der Waals surface area contributed by atoms with Crippen LogP contribution >= 0.6 is 0 Å². The Bertz CT molecular complexity index is 78.5. The molecule has 1 fully saturated rings. The molecule has 0 bridgehead atoms. The first-order valence-corrected chi connectivity index (χ1v) is 2.47. The molecule has 0 unspecified atom stereocenters. The van der Waals surface area contributed by atoms with Crippen molar-refractivity contribution in [2.75, 3.05) is 7.11 Å². The van der Waals surface area contributed by atoms with Crippen LogP contribution in [0, 0.1) is 0 Å². The van der Waals surface area contributed by atoms with Gasteiger partial charge in [-0.15, -0.1) is 0 Å². The molecule has 3 N–H and O–H groups in total. The predicted molar refractivity (Wildman–Crippen MR) is 30.4 cm³/mol. The lowest BCUT2D eigenvalue weighted by Crippen LogP contribution is -2.22.